The van der Waals surface area contributed by atoms with E-state index in [4.69, 9.17) is 4.74 Å². The number of hydrogen-bond donors (Lipinski definition) is 0. The molecule has 2 aromatic rings. The molecule has 2 rings (SSSR count). The second-order valence-electron chi connectivity index (χ2n) is 4.52. The van der Waals surface area contributed by atoms with E-state index in [0.29, 0.717) is 10.4 Å². The van der Waals surface area contributed by atoms with Crippen LogP contribution in [0.1, 0.15) is 25.6 Å². The molecule has 0 saturated heterocycles. The van der Waals surface area contributed by atoms with Crippen LogP contribution in [-0.4, -0.2) is 14.9 Å². The third-order valence-corrected chi connectivity index (χ3v) is 2.95. The van der Waals surface area contributed by atoms with E-state index in [0.717, 1.165) is 12.1 Å². The highest BCUT2D eigenvalue weighted by atomic mass is 79.9. The van der Waals surface area contributed by atoms with Crippen LogP contribution in [0.5, 0.6) is 11.6 Å². The average molecular weight is 356 g/mol. The fraction of sp³-hybridized carbons (Fsp3) is 0.231. The van der Waals surface area contributed by atoms with Gasteiger partial charge in [-0.15, -0.1) is 0 Å². The van der Waals surface area contributed by atoms with E-state index < -0.39 is 10.7 Å². The van der Waals surface area contributed by atoms with Gasteiger partial charge in [0, 0.05) is 18.1 Å². The fourth-order valence-electron chi connectivity index (χ4n) is 1.52. The van der Waals surface area contributed by atoms with Gasteiger partial charge in [-0.2, -0.15) is 4.98 Å². The Kier molecular flexibility index (Phi) is 4.46. The third-order valence-electron chi connectivity index (χ3n) is 2.55. The molecule has 1 aromatic carbocycles. The lowest BCUT2D eigenvalue weighted by molar-refractivity contribution is -0.385. The lowest BCUT2D eigenvalue weighted by atomic mass is 10.2. The second kappa shape index (κ2) is 6.13. The van der Waals surface area contributed by atoms with Crippen LogP contribution in [0.25, 0.3) is 0 Å². The molecule has 0 radical (unpaired) electrons. The normalized spacial score (nSPS) is 10.7. The zero-order valence-electron chi connectivity index (χ0n) is 11.2. The monoisotopic (exact) mass is 355 g/mol. The highest BCUT2D eigenvalue weighted by Crippen LogP contribution is 2.28. The molecule has 0 saturated carbocycles. The molecule has 0 fully saturated rings. The number of benzene rings is 1. The van der Waals surface area contributed by atoms with Gasteiger partial charge in [0.05, 0.1) is 11.0 Å². The van der Waals surface area contributed by atoms with Gasteiger partial charge in [0.1, 0.15) is 10.4 Å². The Morgan fingerprint density at radius 3 is 2.62 bits per heavy atom. The summed E-state index contributed by atoms with van der Waals surface area (Å²) in [6, 6.07) is 4.65. The minimum absolute atomic E-state index is 0.0755. The standard InChI is InChI=1S/C13H11BrFN3O3/c1-7(2)13-16-11(14)6-12(17-13)21-10-4-3-8(18(19)20)5-9(10)15/h3-7H,1-2H3. The molecule has 110 valence electrons. The number of rotatable bonds is 4. The summed E-state index contributed by atoms with van der Waals surface area (Å²) in [4.78, 5) is 18.2. The summed E-state index contributed by atoms with van der Waals surface area (Å²) >= 11 is 3.23. The van der Waals surface area contributed by atoms with Crippen LogP contribution in [-0.2, 0) is 0 Å². The SMILES string of the molecule is CC(C)c1nc(Br)cc(Oc2ccc([N+](=O)[O-])cc2F)n1. The van der Waals surface area contributed by atoms with Gasteiger partial charge in [-0.3, -0.25) is 10.1 Å². The van der Waals surface area contributed by atoms with Crippen molar-refractivity contribution in [3.05, 3.63) is 50.6 Å². The smallest absolute Gasteiger partial charge is 0.272 e. The van der Waals surface area contributed by atoms with Crippen molar-refractivity contribution >= 4 is 21.6 Å². The van der Waals surface area contributed by atoms with Gasteiger partial charge in [0.25, 0.3) is 5.69 Å². The highest BCUT2D eigenvalue weighted by molar-refractivity contribution is 9.10. The Morgan fingerprint density at radius 2 is 2.05 bits per heavy atom. The molecular weight excluding hydrogens is 345 g/mol. The summed E-state index contributed by atoms with van der Waals surface area (Å²) in [6.07, 6.45) is 0. The molecule has 0 atom stereocenters. The van der Waals surface area contributed by atoms with Crippen molar-refractivity contribution in [3.63, 3.8) is 0 Å². The zero-order valence-corrected chi connectivity index (χ0v) is 12.8. The Balaban J connectivity index is 2.32. The van der Waals surface area contributed by atoms with Crippen molar-refractivity contribution in [3.8, 4) is 11.6 Å². The van der Waals surface area contributed by atoms with Crippen LogP contribution in [0, 0.1) is 15.9 Å². The highest BCUT2D eigenvalue weighted by Gasteiger charge is 2.14. The van der Waals surface area contributed by atoms with Crippen molar-refractivity contribution in [2.45, 2.75) is 19.8 Å². The summed E-state index contributed by atoms with van der Waals surface area (Å²) in [5.41, 5.74) is -0.341. The number of ether oxygens (including phenoxy) is 1. The molecule has 0 bridgehead atoms. The molecule has 21 heavy (non-hydrogen) atoms. The van der Waals surface area contributed by atoms with Crippen LogP contribution in [0.2, 0.25) is 0 Å². The molecule has 0 aliphatic carbocycles. The first-order valence-corrected chi connectivity index (χ1v) is 6.82. The second-order valence-corrected chi connectivity index (χ2v) is 5.33. The molecule has 6 nitrogen and oxygen atoms in total. The molecule has 0 unspecified atom stereocenters. The largest absolute Gasteiger partial charge is 0.436 e. The minimum atomic E-state index is -0.829. The van der Waals surface area contributed by atoms with Crippen molar-refractivity contribution < 1.29 is 14.1 Å². The maximum atomic E-state index is 13.8. The zero-order chi connectivity index (χ0) is 15.6. The Morgan fingerprint density at radius 1 is 1.33 bits per heavy atom. The van der Waals surface area contributed by atoms with Gasteiger partial charge in [0.2, 0.25) is 5.88 Å². The number of nitrogens with zero attached hydrogens (tertiary/aromatic N) is 3. The Labute approximate surface area is 128 Å². The number of nitro groups is 1. The molecule has 0 spiro atoms. The quantitative estimate of drug-likeness (QED) is 0.466. The van der Waals surface area contributed by atoms with E-state index in [1.165, 1.54) is 12.1 Å². The van der Waals surface area contributed by atoms with Crippen molar-refractivity contribution in [1.29, 1.82) is 0 Å². The van der Waals surface area contributed by atoms with Crippen LogP contribution < -0.4 is 4.74 Å². The first kappa shape index (κ1) is 15.3. The van der Waals surface area contributed by atoms with Crippen LogP contribution >= 0.6 is 15.9 Å². The first-order chi connectivity index (χ1) is 9.86. The molecule has 0 aliphatic rings. The predicted octanol–water partition coefficient (Wildman–Crippen LogP) is 4.20. The molecular formula is C13H11BrFN3O3. The first-order valence-electron chi connectivity index (χ1n) is 6.03. The van der Waals surface area contributed by atoms with E-state index >= 15 is 0 Å². The maximum Gasteiger partial charge on any atom is 0.272 e. The Hall–Kier alpha value is -2.09. The molecule has 8 heteroatoms. The molecule has 0 N–H and O–H groups in total. The summed E-state index contributed by atoms with van der Waals surface area (Å²) in [5, 5.41) is 10.6. The van der Waals surface area contributed by atoms with Gasteiger partial charge < -0.3 is 4.74 Å². The minimum Gasteiger partial charge on any atom is -0.436 e. The number of aromatic nitrogens is 2. The Bertz CT molecular complexity index is 694. The maximum absolute atomic E-state index is 13.8. The van der Waals surface area contributed by atoms with Gasteiger partial charge in [0.15, 0.2) is 11.6 Å². The van der Waals surface area contributed by atoms with E-state index in [2.05, 4.69) is 25.9 Å². The molecule has 0 amide bonds. The summed E-state index contributed by atoms with van der Waals surface area (Å²) in [7, 11) is 0. The van der Waals surface area contributed by atoms with Crippen LogP contribution in [0.15, 0.2) is 28.9 Å². The predicted molar refractivity (Wildman–Crippen MR) is 76.9 cm³/mol. The summed E-state index contributed by atoms with van der Waals surface area (Å²) in [6.45, 7) is 3.83. The fourth-order valence-corrected chi connectivity index (χ4v) is 1.90. The summed E-state index contributed by atoms with van der Waals surface area (Å²) < 4.78 is 19.6. The van der Waals surface area contributed by atoms with E-state index in [1.54, 1.807) is 0 Å². The third kappa shape index (κ3) is 3.72. The van der Waals surface area contributed by atoms with Crippen molar-refractivity contribution in [2.24, 2.45) is 0 Å². The van der Waals surface area contributed by atoms with Gasteiger partial charge >= 0.3 is 0 Å². The summed E-state index contributed by atoms with van der Waals surface area (Å²) in [5.74, 6) is -0.187. The van der Waals surface area contributed by atoms with Gasteiger partial charge in [-0.1, -0.05) is 13.8 Å². The molecule has 1 heterocycles. The van der Waals surface area contributed by atoms with Crippen molar-refractivity contribution in [2.75, 3.05) is 0 Å². The number of non-ortho nitro benzene ring substituents is 1. The molecule has 1 aromatic heterocycles. The average Bonchev–Trinajstić information content (AvgIpc) is 2.40. The van der Waals surface area contributed by atoms with E-state index in [9.17, 15) is 14.5 Å². The van der Waals surface area contributed by atoms with Crippen LogP contribution in [0.3, 0.4) is 0 Å². The van der Waals surface area contributed by atoms with Crippen molar-refractivity contribution in [1.82, 2.24) is 9.97 Å². The van der Waals surface area contributed by atoms with Gasteiger partial charge in [-0.25, -0.2) is 9.37 Å². The topological polar surface area (TPSA) is 78.2 Å². The number of nitro benzene ring substituents is 1. The van der Waals surface area contributed by atoms with Gasteiger partial charge in [-0.05, 0) is 22.0 Å². The van der Waals surface area contributed by atoms with E-state index in [-0.39, 0.29) is 23.2 Å². The van der Waals surface area contributed by atoms with Crippen LogP contribution in [0.4, 0.5) is 10.1 Å². The lowest BCUT2D eigenvalue weighted by Crippen LogP contribution is -2.00. The van der Waals surface area contributed by atoms with E-state index in [1.807, 2.05) is 13.8 Å². The lowest BCUT2D eigenvalue weighted by Gasteiger charge is -2.09. The number of hydrogen-bond acceptors (Lipinski definition) is 5. The molecule has 0 aliphatic heterocycles. The number of halogens is 2.